The fraction of sp³-hybridized carbons (Fsp3) is 0.188. The molecule has 0 saturated carbocycles. The molecule has 2 aromatic carbocycles. The Balaban J connectivity index is 2.37. The van der Waals surface area contributed by atoms with E-state index in [1.807, 2.05) is 0 Å². The molecule has 0 aromatic heterocycles. The van der Waals surface area contributed by atoms with E-state index in [0.29, 0.717) is 0 Å². The first-order chi connectivity index (χ1) is 12.2. The topological polar surface area (TPSA) is 133 Å². The molecule has 1 aliphatic rings. The molecule has 0 radical (unpaired) electrons. The Kier molecular flexibility index (Phi) is 4.51. The third kappa shape index (κ3) is 2.57. The zero-order valence-electron chi connectivity index (χ0n) is 12.9. The Labute approximate surface area is 156 Å². The molecule has 1 atom stereocenters. The molecule has 0 unspecified atom stereocenters. The predicted octanol–water partition coefficient (Wildman–Crippen LogP) is 2.45. The quantitative estimate of drug-likeness (QED) is 0.486. The van der Waals surface area contributed by atoms with Crippen LogP contribution in [-0.2, 0) is 11.2 Å². The number of ketones is 1. The minimum Gasteiger partial charge on any atom is -0.505 e. The van der Waals surface area contributed by atoms with Gasteiger partial charge in [-0.05, 0) is 6.07 Å². The summed E-state index contributed by atoms with van der Waals surface area (Å²) in [7, 11) is 0. The number of hydrogen-bond acceptors (Lipinski definition) is 7. The SMILES string of the molecule is NC[C@@H]1Oc2c(-c3c(Cl)c(O)c(O)c(O)c3Cl)cc(F)c(O)c2CC1=O. The van der Waals surface area contributed by atoms with E-state index in [1.165, 1.54) is 0 Å². The van der Waals surface area contributed by atoms with Gasteiger partial charge in [-0.15, -0.1) is 0 Å². The molecule has 2 aromatic rings. The number of nitrogens with two attached hydrogens (primary N) is 1. The molecule has 6 N–H and O–H groups in total. The maximum absolute atomic E-state index is 14.2. The minimum atomic E-state index is -1.10. The van der Waals surface area contributed by atoms with Crippen LogP contribution in [0, 0.1) is 5.82 Å². The number of fused-ring (bicyclic) bond motifs is 1. The zero-order chi connectivity index (χ0) is 19.3. The lowest BCUT2D eigenvalue weighted by atomic mass is 9.93. The summed E-state index contributed by atoms with van der Waals surface area (Å²) in [6.07, 6.45) is -1.39. The van der Waals surface area contributed by atoms with Gasteiger partial charge in [-0.25, -0.2) is 4.39 Å². The van der Waals surface area contributed by atoms with Gasteiger partial charge in [-0.2, -0.15) is 0 Å². The van der Waals surface area contributed by atoms with Crippen molar-refractivity contribution in [3.63, 3.8) is 0 Å². The normalized spacial score (nSPS) is 16.3. The summed E-state index contributed by atoms with van der Waals surface area (Å²) in [5.74, 6) is -5.17. The van der Waals surface area contributed by atoms with E-state index in [9.17, 15) is 29.6 Å². The molecule has 138 valence electrons. The maximum Gasteiger partial charge on any atom is 0.203 e. The van der Waals surface area contributed by atoms with E-state index >= 15 is 0 Å². The molecule has 0 bridgehead atoms. The summed E-state index contributed by atoms with van der Waals surface area (Å²) in [6, 6.07) is 0.820. The first-order valence-corrected chi connectivity index (χ1v) is 8.00. The first-order valence-electron chi connectivity index (χ1n) is 7.24. The monoisotopic (exact) mass is 403 g/mol. The number of halogens is 3. The molecule has 0 amide bonds. The second-order valence-electron chi connectivity index (χ2n) is 5.60. The Hall–Kier alpha value is -2.42. The average molecular weight is 404 g/mol. The lowest BCUT2D eigenvalue weighted by molar-refractivity contribution is -0.125. The molecule has 7 nitrogen and oxygen atoms in total. The van der Waals surface area contributed by atoms with E-state index in [0.717, 1.165) is 6.07 Å². The van der Waals surface area contributed by atoms with Crippen molar-refractivity contribution in [2.75, 3.05) is 6.54 Å². The third-order valence-corrected chi connectivity index (χ3v) is 4.79. The van der Waals surface area contributed by atoms with E-state index in [-0.39, 0.29) is 35.4 Å². The van der Waals surface area contributed by atoms with Crippen molar-refractivity contribution in [1.29, 1.82) is 0 Å². The van der Waals surface area contributed by atoms with Gasteiger partial charge >= 0.3 is 0 Å². The van der Waals surface area contributed by atoms with Crippen molar-refractivity contribution in [1.82, 2.24) is 0 Å². The summed E-state index contributed by atoms with van der Waals surface area (Å²) in [6.45, 7) is -0.163. The number of hydrogen-bond donors (Lipinski definition) is 5. The smallest absolute Gasteiger partial charge is 0.203 e. The molecule has 0 aliphatic carbocycles. The van der Waals surface area contributed by atoms with Gasteiger partial charge in [0.15, 0.2) is 35.0 Å². The Morgan fingerprint density at radius 2 is 1.69 bits per heavy atom. The highest BCUT2D eigenvalue weighted by Crippen LogP contribution is 2.55. The highest BCUT2D eigenvalue weighted by Gasteiger charge is 2.34. The van der Waals surface area contributed by atoms with E-state index in [2.05, 4.69) is 0 Å². The fourth-order valence-electron chi connectivity index (χ4n) is 2.72. The molecule has 1 heterocycles. The summed E-state index contributed by atoms with van der Waals surface area (Å²) in [5.41, 5.74) is 4.96. The second-order valence-corrected chi connectivity index (χ2v) is 6.35. The van der Waals surface area contributed by atoms with Gasteiger partial charge < -0.3 is 30.9 Å². The standard InChI is InChI=1S/C16H12Cl2FNO6/c17-10-9(11(18)14(24)15(25)13(10)23)4-1-6(19)12(22)5-2-7(21)8(3-20)26-16(4)5/h1,8,22-25H,2-3,20H2/t8-/m0/s1. The summed E-state index contributed by atoms with van der Waals surface area (Å²) in [4.78, 5) is 12.0. The van der Waals surface area contributed by atoms with Crippen molar-refractivity contribution in [3.05, 3.63) is 27.5 Å². The zero-order valence-corrected chi connectivity index (χ0v) is 14.4. The molecule has 26 heavy (non-hydrogen) atoms. The number of rotatable bonds is 2. The van der Waals surface area contributed by atoms with Crippen LogP contribution >= 0.6 is 23.2 Å². The minimum absolute atomic E-state index is 0.118. The Morgan fingerprint density at radius 3 is 2.23 bits per heavy atom. The molecular weight excluding hydrogens is 392 g/mol. The molecule has 0 saturated heterocycles. The van der Waals surface area contributed by atoms with Crippen LogP contribution in [0.15, 0.2) is 6.07 Å². The Bertz CT molecular complexity index is 920. The number of phenolic OH excluding ortho intramolecular Hbond substituents is 4. The maximum atomic E-state index is 14.2. The van der Waals surface area contributed by atoms with E-state index in [1.54, 1.807) is 0 Å². The van der Waals surface area contributed by atoms with E-state index in [4.69, 9.17) is 33.7 Å². The molecule has 0 fully saturated rings. The van der Waals surface area contributed by atoms with Crippen LogP contribution in [0.25, 0.3) is 11.1 Å². The Morgan fingerprint density at radius 1 is 1.12 bits per heavy atom. The number of carbonyl (C=O) groups excluding carboxylic acids is 1. The predicted molar refractivity (Wildman–Crippen MR) is 90.7 cm³/mol. The van der Waals surface area contributed by atoms with Crippen molar-refractivity contribution in [2.45, 2.75) is 12.5 Å². The van der Waals surface area contributed by atoms with Crippen LogP contribution in [0.1, 0.15) is 5.56 Å². The lowest BCUT2D eigenvalue weighted by Crippen LogP contribution is -2.39. The van der Waals surface area contributed by atoms with Crippen molar-refractivity contribution >= 4 is 29.0 Å². The van der Waals surface area contributed by atoms with Gasteiger partial charge in [-0.1, -0.05) is 23.2 Å². The van der Waals surface area contributed by atoms with Gasteiger partial charge in [0, 0.05) is 29.7 Å². The van der Waals surface area contributed by atoms with Gasteiger partial charge in [0.05, 0.1) is 10.0 Å². The molecule has 0 spiro atoms. The fourth-order valence-corrected chi connectivity index (χ4v) is 3.34. The third-order valence-electron chi connectivity index (χ3n) is 4.06. The summed E-state index contributed by atoms with van der Waals surface area (Å²) < 4.78 is 19.7. The second kappa shape index (κ2) is 6.39. The largest absolute Gasteiger partial charge is 0.505 e. The van der Waals surface area contributed by atoms with Gasteiger partial charge in [0.1, 0.15) is 5.75 Å². The highest BCUT2D eigenvalue weighted by atomic mass is 35.5. The van der Waals surface area contributed by atoms with E-state index < -0.39 is 50.7 Å². The number of carbonyl (C=O) groups is 1. The van der Waals surface area contributed by atoms with Crippen LogP contribution in [0.2, 0.25) is 10.0 Å². The first kappa shape index (κ1) is 18.4. The molecule has 10 heteroatoms. The van der Waals surface area contributed by atoms with Crippen LogP contribution in [0.4, 0.5) is 4.39 Å². The van der Waals surface area contributed by atoms with Crippen LogP contribution in [0.5, 0.6) is 28.7 Å². The van der Waals surface area contributed by atoms with Crippen molar-refractivity contribution in [2.24, 2.45) is 5.73 Å². The average Bonchev–Trinajstić information content (AvgIpc) is 2.62. The molecule has 3 rings (SSSR count). The number of Topliss-reactive ketones (excluding diaryl/α,β-unsaturated/α-hetero) is 1. The number of phenols is 4. The number of benzene rings is 2. The van der Waals surface area contributed by atoms with Crippen LogP contribution < -0.4 is 10.5 Å². The summed E-state index contributed by atoms with van der Waals surface area (Å²) in [5, 5.41) is 38.3. The van der Waals surface area contributed by atoms with Gasteiger partial charge in [0.25, 0.3) is 0 Å². The van der Waals surface area contributed by atoms with Crippen LogP contribution in [-0.4, -0.2) is 38.9 Å². The number of aromatic hydroxyl groups is 4. The highest BCUT2D eigenvalue weighted by molar-refractivity contribution is 6.41. The van der Waals surface area contributed by atoms with Gasteiger partial charge in [0.2, 0.25) is 5.75 Å². The number of ether oxygens (including phenoxy) is 1. The lowest BCUT2D eigenvalue weighted by Gasteiger charge is -2.27. The van der Waals surface area contributed by atoms with Crippen molar-refractivity contribution < 1.29 is 34.3 Å². The van der Waals surface area contributed by atoms with Gasteiger partial charge in [-0.3, -0.25) is 4.79 Å². The van der Waals surface area contributed by atoms with Crippen molar-refractivity contribution in [3.8, 4) is 39.9 Å². The molecule has 1 aliphatic heterocycles. The molecular formula is C16H12Cl2FNO6. The summed E-state index contributed by atoms with van der Waals surface area (Å²) >= 11 is 12.0. The van der Waals surface area contributed by atoms with Crippen LogP contribution in [0.3, 0.4) is 0 Å².